The Kier molecular flexibility index (Phi) is 2.66. The van der Waals surface area contributed by atoms with Gasteiger partial charge in [0.1, 0.15) is 0 Å². The zero-order valence-electron chi connectivity index (χ0n) is 10.3. The van der Waals surface area contributed by atoms with Crippen molar-refractivity contribution in [3.05, 3.63) is 28.2 Å². The predicted molar refractivity (Wildman–Crippen MR) is 72.2 cm³/mol. The summed E-state index contributed by atoms with van der Waals surface area (Å²) in [5, 5.41) is 12.4. The Morgan fingerprint density at radius 1 is 1.39 bits per heavy atom. The van der Waals surface area contributed by atoms with E-state index in [9.17, 15) is 4.79 Å². The van der Waals surface area contributed by atoms with Crippen LogP contribution < -0.4 is 10.9 Å². The number of aromatic nitrogens is 3. The van der Waals surface area contributed by atoms with Crippen LogP contribution in [0.3, 0.4) is 0 Å². The predicted octanol–water partition coefficient (Wildman–Crippen LogP) is 2.05. The number of anilines is 1. The smallest absolute Gasteiger partial charge is 0.261 e. The molecule has 6 heteroatoms. The molecule has 1 aliphatic rings. The van der Waals surface area contributed by atoms with E-state index in [2.05, 4.69) is 15.5 Å². The number of rotatable bonds is 3. The lowest BCUT2D eigenvalue weighted by Crippen LogP contribution is -2.22. The van der Waals surface area contributed by atoms with Crippen LogP contribution in [0.2, 0.25) is 0 Å². The van der Waals surface area contributed by atoms with Crippen molar-refractivity contribution >= 4 is 16.5 Å². The minimum Gasteiger partial charge on any atom is -0.363 e. The van der Waals surface area contributed by atoms with Crippen LogP contribution in [0.25, 0.3) is 10.6 Å². The van der Waals surface area contributed by atoms with E-state index in [-0.39, 0.29) is 5.56 Å². The van der Waals surface area contributed by atoms with Gasteiger partial charge >= 0.3 is 0 Å². The van der Waals surface area contributed by atoms with Gasteiger partial charge in [0.15, 0.2) is 5.01 Å². The van der Waals surface area contributed by atoms with Crippen molar-refractivity contribution in [1.82, 2.24) is 14.8 Å². The first-order valence-corrected chi connectivity index (χ1v) is 6.76. The third-order valence-electron chi connectivity index (χ3n) is 3.10. The summed E-state index contributed by atoms with van der Waals surface area (Å²) in [4.78, 5) is 12.5. The molecule has 1 fully saturated rings. The molecule has 1 aliphatic carbocycles. The van der Waals surface area contributed by atoms with Crippen molar-refractivity contribution < 1.29 is 0 Å². The summed E-state index contributed by atoms with van der Waals surface area (Å²) in [7, 11) is 1.79. The van der Waals surface area contributed by atoms with Gasteiger partial charge in [0.05, 0.1) is 5.56 Å². The molecule has 2 heterocycles. The molecular formula is C12H14N4OS. The summed E-state index contributed by atoms with van der Waals surface area (Å²) in [6.07, 6.45) is 2.20. The second-order valence-electron chi connectivity index (χ2n) is 4.46. The zero-order valence-corrected chi connectivity index (χ0v) is 11.1. The number of nitrogens with zero attached hydrogens (tertiary/aromatic N) is 3. The Balaban J connectivity index is 2.12. The lowest BCUT2D eigenvalue weighted by molar-refractivity contribution is 0.683. The Bertz CT molecular complexity index is 642. The molecule has 0 bridgehead atoms. The fraction of sp³-hybridized carbons (Fsp3) is 0.417. The van der Waals surface area contributed by atoms with Crippen LogP contribution in [-0.4, -0.2) is 21.8 Å². The van der Waals surface area contributed by atoms with E-state index in [1.54, 1.807) is 7.05 Å². The quantitative estimate of drug-likeness (QED) is 0.919. The summed E-state index contributed by atoms with van der Waals surface area (Å²) < 4.78 is 1.88. The highest BCUT2D eigenvalue weighted by atomic mass is 32.1. The summed E-state index contributed by atoms with van der Waals surface area (Å²) in [5.41, 5.74) is 1.72. The van der Waals surface area contributed by atoms with Gasteiger partial charge in [-0.15, -0.1) is 10.2 Å². The normalized spacial score (nSPS) is 14.8. The van der Waals surface area contributed by atoms with Crippen LogP contribution >= 0.6 is 11.3 Å². The van der Waals surface area contributed by atoms with E-state index >= 15 is 0 Å². The van der Waals surface area contributed by atoms with Crippen LogP contribution in [0.15, 0.2) is 16.9 Å². The molecule has 0 unspecified atom stereocenters. The highest BCUT2D eigenvalue weighted by Gasteiger charge is 2.27. The molecule has 0 radical (unpaired) electrons. The van der Waals surface area contributed by atoms with Crippen molar-refractivity contribution in [3.63, 3.8) is 0 Å². The van der Waals surface area contributed by atoms with Gasteiger partial charge in [0.2, 0.25) is 5.13 Å². The lowest BCUT2D eigenvalue weighted by Gasteiger charge is -2.09. The van der Waals surface area contributed by atoms with E-state index in [4.69, 9.17) is 0 Å². The molecule has 0 amide bonds. The molecule has 0 atom stereocenters. The molecule has 3 rings (SSSR count). The molecule has 18 heavy (non-hydrogen) atoms. The van der Waals surface area contributed by atoms with E-state index in [0.29, 0.717) is 16.6 Å². The fourth-order valence-corrected chi connectivity index (χ4v) is 2.74. The topological polar surface area (TPSA) is 59.8 Å². The maximum Gasteiger partial charge on any atom is 0.261 e. The molecule has 0 aliphatic heterocycles. The molecule has 0 saturated heterocycles. The number of aryl methyl sites for hydroxylation is 1. The summed E-state index contributed by atoms with van der Waals surface area (Å²) in [6, 6.07) is 4.21. The van der Waals surface area contributed by atoms with E-state index in [1.165, 1.54) is 11.3 Å². The minimum atomic E-state index is 0.0521. The second kappa shape index (κ2) is 4.20. The van der Waals surface area contributed by atoms with Gasteiger partial charge in [-0.25, -0.2) is 0 Å². The second-order valence-corrected chi connectivity index (χ2v) is 5.43. The van der Waals surface area contributed by atoms with Crippen molar-refractivity contribution in [2.24, 2.45) is 0 Å². The molecule has 2 aromatic heterocycles. The summed E-state index contributed by atoms with van der Waals surface area (Å²) in [6.45, 7) is 1.97. The molecule has 2 aromatic rings. The van der Waals surface area contributed by atoms with Gasteiger partial charge < -0.3 is 9.88 Å². The summed E-state index contributed by atoms with van der Waals surface area (Å²) >= 11 is 1.40. The van der Waals surface area contributed by atoms with Crippen molar-refractivity contribution in [2.45, 2.75) is 25.8 Å². The molecular weight excluding hydrogens is 248 g/mol. The van der Waals surface area contributed by atoms with Gasteiger partial charge in [-0.05, 0) is 31.9 Å². The maximum absolute atomic E-state index is 12.5. The van der Waals surface area contributed by atoms with Gasteiger partial charge in [-0.1, -0.05) is 11.3 Å². The Morgan fingerprint density at radius 2 is 2.17 bits per heavy atom. The van der Waals surface area contributed by atoms with Crippen LogP contribution in [0, 0.1) is 6.92 Å². The first-order chi connectivity index (χ1) is 8.70. The standard InChI is InChI=1S/C12H14N4OS/c1-7-3-6-9(10-14-15-12(13-2)18-10)11(17)16(7)8-4-5-8/h3,6,8H,4-5H2,1-2H3,(H,13,15). The average Bonchev–Trinajstić information content (AvgIpc) is 3.07. The van der Waals surface area contributed by atoms with Gasteiger partial charge in [-0.2, -0.15) is 0 Å². The highest BCUT2D eigenvalue weighted by Crippen LogP contribution is 2.35. The zero-order chi connectivity index (χ0) is 12.7. The largest absolute Gasteiger partial charge is 0.363 e. The van der Waals surface area contributed by atoms with Crippen molar-refractivity contribution in [1.29, 1.82) is 0 Å². The van der Waals surface area contributed by atoms with Gasteiger partial charge in [0, 0.05) is 18.8 Å². The van der Waals surface area contributed by atoms with Crippen molar-refractivity contribution in [3.8, 4) is 10.6 Å². The Hall–Kier alpha value is -1.69. The molecule has 0 aromatic carbocycles. The van der Waals surface area contributed by atoms with Crippen LogP contribution in [0.1, 0.15) is 24.6 Å². The third kappa shape index (κ3) is 1.82. The SMILES string of the molecule is CNc1nnc(-c2ccc(C)n(C3CC3)c2=O)s1. The first kappa shape index (κ1) is 11.4. The average molecular weight is 262 g/mol. The Morgan fingerprint density at radius 3 is 2.78 bits per heavy atom. The molecule has 5 nitrogen and oxygen atoms in total. The maximum atomic E-state index is 12.5. The van der Waals surface area contributed by atoms with E-state index in [0.717, 1.165) is 23.7 Å². The molecule has 0 spiro atoms. The molecule has 1 saturated carbocycles. The van der Waals surface area contributed by atoms with Gasteiger partial charge in [-0.3, -0.25) is 4.79 Å². The minimum absolute atomic E-state index is 0.0521. The lowest BCUT2D eigenvalue weighted by atomic mass is 10.2. The molecule has 94 valence electrons. The van der Waals surface area contributed by atoms with E-state index < -0.39 is 0 Å². The molecule has 1 N–H and O–H groups in total. The van der Waals surface area contributed by atoms with Crippen LogP contribution in [0.4, 0.5) is 5.13 Å². The fourth-order valence-electron chi connectivity index (χ4n) is 2.03. The van der Waals surface area contributed by atoms with E-state index in [1.807, 2.05) is 23.6 Å². The van der Waals surface area contributed by atoms with Gasteiger partial charge in [0.25, 0.3) is 5.56 Å². The van der Waals surface area contributed by atoms with Crippen LogP contribution in [-0.2, 0) is 0 Å². The number of pyridine rings is 1. The number of hydrogen-bond donors (Lipinski definition) is 1. The Labute approximate surface area is 108 Å². The van der Waals surface area contributed by atoms with Crippen LogP contribution in [0.5, 0.6) is 0 Å². The summed E-state index contributed by atoms with van der Waals surface area (Å²) in [5.74, 6) is 0. The third-order valence-corrected chi connectivity index (χ3v) is 4.08. The first-order valence-electron chi connectivity index (χ1n) is 5.94. The number of hydrogen-bond acceptors (Lipinski definition) is 5. The number of nitrogens with one attached hydrogen (secondary N) is 1. The monoisotopic (exact) mass is 262 g/mol. The van der Waals surface area contributed by atoms with Crippen molar-refractivity contribution in [2.75, 3.05) is 12.4 Å². The highest BCUT2D eigenvalue weighted by molar-refractivity contribution is 7.18.